The smallest absolute Gasteiger partial charge is 0.326 e. The van der Waals surface area contributed by atoms with Gasteiger partial charge in [0.2, 0.25) is 5.75 Å². The lowest BCUT2D eigenvalue weighted by Crippen LogP contribution is -2.41. The van der Waals surface area contributed by atoms with Crippen LogP contribution in [0.2, 0.25) is 0 Å². The molecular formula is C16H17NO6S2. The molecule has 1 N–H and O–H groups in total. The molecule has 0 spiro atoms. The van der Waals surface area contributed by atoms with Crippen molar-refractivity contribution in [2.24, 2.45) is 0 Å². The Morgan fingerprint density at radius 1 is 1.24 bits per heavy atom. The van der Waals surface area contributed by atoms with Gasteiger partial charge in [-0.25, -0.2) is 4.79 Å². The second-order valence-corrected chi connectivity index (χ2v) is 6.70. The maximum atomic E-state index is 12.5. The van der Waals surface area contributed by atoms with Gasteiger partial charge in [-0.3, -0.25) is 9.69 Å². The van der Waals surface area contributed by atoms with Crippen LogP contribution in [-0.2, 0) is 9.59 Å². The minimum atomic E-state index is -1.12. The van der Waals surface area contributed by atoms with Gasteiger partial charge in [-0.1, -0.05) is 24.0 Å². The highest BCUT2D eigenvalue weighted by Crippen LogP contribution is 2.40. The Kier molecular flexibility index (Phi) is 5.91. The van der Waals surface area contributed by atoms with E-state index in [4.69, 9.17) is 31.5 Å². The molecule has 25 heavy (non-hydrogen) atoms. The molecule has 1 aromatic rings. The summed E-state index contributed by atoms with van der Waals surface area (Å²) in [5.41, 5.74) is 0.637. The Bertz CT molecular complexity index is 736. The number of ether oxygens (including phenoxy) is 3. The molecular weight excluding hydrogens is 366 g/mol. The topological polar surface area (TPSA) is 85.3 Å². The molecule has 0 unspecified atom stereocenters. The number of amides is 1. The van der Waals surface area contributed by atoms with E-state index in [0.29, 0.717) is 27.7 Å². The van der Waals surface area contributed by atoms with Crippen molar-refractivity contribution in [3.63, 3.8) is 0 Å². The second-order valence-electron chi connectivity index (χ2n) is 5.02. The molecule has 1 amide bonds. The van der Waals surface area contributed by atoms with Gasteiger partial charge >= 0.3 is 5.97 Å². The van der Waals surface area contributed by atoms with Crippen LogP contribution < -0.4 is 14.2 Å². The zero-order valence-electron chi connectivity index (χ0n) is 14.1. The summed E-state index contributed by atoms with van der Waals surface area (Å²) in [6.07, 6.45) is 1.61. The largest absolute Gasteiger partial charge is 0.493 e. The lowest BCUT2D eigenvalue weighted by atomic mass is 10.1. The molecule has 1 aliphatic rings. The fraction of sp³-hybridized carbons (Fsp3) is 0.312. The number of carbonyl (C=O) groups is 2. The van der Waals surface area contributed by atoms with E-state index in [0.717, 1.165) is 16.7 Å². The Balaban J connectivity index is 2.43. The summed E-state index contributed by atoms with van der Waals surface area (Å²) in [4.78, 5) is 25.1. The number of carboxylic acids is 1. The number of hydrogen-bond donors (Lipinski definition) is 1. The van der Waals surface area contributed by atoms with Crippen molar-refractivity contribution in [1.82, 2.24) is 4.90 Å². The van der Waals surface area contributed by atoms with Crippen LogP contribution in [0.1, 0.15) is 12.5 Å². The summed E-state index contributed by atoms with van der Waals surface area (Å²) >= 11 is 6.19. The van der Waals surface area contributed by atoms with E-state index in [-0.39, 0.29) is 4.32 Å². The molecule has 1 saturated heterocycles. The van der Waals surface area contributed by atoms with Crippen LogP contribution in [0, 0.1) is 0 Å². The van der Waals surface area contributed by atoms with Crippen LogP contribution in [0.4, 0.5) is 0 Å². The van der Waals surface area contributed by atoms with Crippen LogP contribution in [0.25, 0.3) is 6.08 Å². The Labute approximate surface area is 154 Å². The molecule has 0 radical (unpaired) electrons. The molecule has 9 heteroatoms. The van der Waals surface area contributed by atoms with E-state index in [9.17, 15) is 9.59 Å². The number of rotatable bonds is 6. The number of benzene rings is 1. The number of thiocarbonyl (C=S) groups is 1. The first kappa shape index (κ1) is 19.1. The van der Waals surface area contributed by atoms with Crippen molar-refractivity contribution in [2.45, 2.75) is 13.0 Å². The Morgan fingerprint density at radius 2 is 1.80 bits per heavy atom. The Morgan fingerprint density at radius 3 is 2.24 bits per heavy atom. The van der Waals surface area contributed by atoms with Crippen molar-refractivity contribution < 1.29 is 28.9 Å². The number of aliphatic carboxylic acids is 1. The molecule has 0 aliphatic carbocycles. The zero-order chi connectivity index (χ0) is 18.7. The van der Waals surface area contributed by atoms with Gasteiger partial charge in [-0.05, 0) is 30.7 Å². The summed E-state index contributed by atoms with van der Waals surface area (Å²) in [7, 11) is 4.49. The lowest BCUT2D eigenvalue weighted by Gasteiger charge is -2.18. The average Bonchev–Trinajstić information content (AvgIpc) is 2.86. The van der Waals surface area contributed by atoms with Crippen LogP contribution in [0.15, 0.2) is 17.0 Å². The summed E-state index contributed by atoms with van der Waals surface area (Å²) in [6.45, 7) is 1.41. The molecule has 1 aliphatic heterocycles. The third-order valence-corrected chi connectivity index (χ3v) is 4.88. The van der Waals surface area contributed by atoms with Crippen molar-refractivity contribution in [3.05, 3.63) is 22.6 Å². The SMILES string of the molecule is COc1cc(/C=C2\SC(=S)N([C@H](C)C(=O)O)C2=O)cc(OC)c1OC. The van der Waals surface area contributed by atoms with Gasteiger partial charge in [0.25, 0.3) is 5.91 Å². The number of thioether (sulfide) groups is 1. The second kappa shape index (κ2) is 7.75. The zero-order valence-corrected chi connectivity index (χ0v) is 15.7. The quantitative estimate of drug-likeness (QED) is 0.592. The molecule has 2 rings (SSSR count). The van der Waals surface area contributed by atoms with Crippen LogP contribution in [0.3, 0.4) is 0 Å². The van der Waals surface area contributed by atoms with E-state index < -0.39 is 17.9 Å². The van der Waals surface area contributed by atoms with Gasteiger partial charge in [0.05, 0.1) is 26.2 Å². The highest BCUT2D eigenvalue weighted by Gasteiger charge is 2.38. The number of hydrogen-bond acceptors (Lipinski definition) is 7. The van der Waals surface area contributed by atoms with E-state index in [1.54, 1.807) is 18.2 Å². The maximum absolute atomic E-state index is 12.5. The van der Waals surface area contributed by atoms with Gasteiger partial charge in [-0.15, -0.1) is 0 Å². The molecule has 1 atom stereocenters. The molecule has 1 heterocycles. The normalized spacial score (nSPS) is 17.0. The third-order valence-electron chi connectivity index (χ3n) is 3.55. The highest BCUT2D eigenvalue weighted by molar-refractivity contribution is 8.26. The Hall–Kier alpha value is -2.26. The number of carbonyl (C=O) groups excluding carboxylic acids is 1. The van der Waals surface area contributed by atoms with E-state index in [1.165, 1.54) is 28.3 Å². The van der Waals surface area contributed by atoms with Crippen LogP contribution in [-0.4, -0.2) is 53.6 Å². The number of nitrogens with zero attached hydrogens (tertiary/aromatic N) is 1. The summed E-state index contributed by atoms with van der Waals surface area (Å²) in [5, 5.41) is 9.12. The minimum absolute atomic E-state index is 0.207. The number of carboxylic acid groups (broad SMARTS) is 1. The first-order chi connectivity index (χ1) is 11.8. The summed E-state index contributed by atoms with van der Waals surface area (Å²) < 4.78 is 16.0. The van der Waals surface area contributed by atoms with E-state index >= 15 is 0 Å². The number of methoxy groups -OCH3 is 3. The molecule has 0 aromatic heterocycles. The molecule has 1 fully saturated rings. The van der Waals surface area contributed by atoms with Crippen molar-refractivity contribution in [1.29, 1.82) is 0 Å². The lowest BCUT2D eigenvalue weighted by molar-refractivity contribution is -0.144. The maximum Gasteiger partial charge on any atom is 0.326 e. The van der Waals surface area contributed by atoms with Gasteiger partial charge in [0.1, 0.15) is 10.4 Å². The molecule has 7 nitrogen and oxygen atoms in total. The van der Waals surface area contributed by atoms with Gasteiger partial charge in [0, 0.05) is 0 Å². The summed E-state index contributed by atoms with van der Waals surface area (Å²) in [5.74, 6) is -0.233. The molecule has 0 saturated carbocycles. The predicted octanol–water partition coefficient (Wildman–Crippen LogP) is 2.39. The predicted molar refractivity (Wildman–Crippen MR) is 98.2 cm³/mol. The molecule has 0 bridgehead atoms. The van der Waals surface area contributed by atoms with Crippen LogP contribution in [0.5, 0.6) is 17.2 Å². The highest BCUT2D eigenvalue weighted by atomic mass is 32.2. The van der Waals surface area contributed by atoms with Crippen molar-refractivity contribution in [2.75, 3.05) is 21.3 Å². The standard InChI is InChI=1S/C16H17NO6S2/c1-8(15(19)20)17-14(18)12(25-16(17)24)7-9-5-10(21-2)13(23-4)11(6-9)22-3/h5-8H,1-4H3,(H,19,20)/b12-7-/t8-/m1/s1. The molecule has 1 aromatic carbocycles. The molecule has 134 valence electrons. The van der Waals surface area contributed by atoms with Crippen molar-refractivity contribution >= 4 is 46.3 Å². The monoisotopic (exact) mass is 383 g/mol. The first-order valence-electron chi connectivity index (χ1n) is 7.13. The third kappa shape index (κ3) is 3.72. The van der Waals surface area contributed by atoms with Gasteiger partial charge < -0.3 is 19.3 Å². The average molecular weight is 383 g/mol. The van der Waals surface area contributed by atoms with Crippen molar-refractivity contribution in [3.8, 4) is 17.2 Å². The van der Waals surface area contributed by atoms with Crippen LogP contribution >= 0.6 is 24.0 Å². The van der Waals surface area contributed by atoms with Gasteiger partial charge in [0.15, 0.2) is 11.5 Å². The fourth-order valence-corrected chi connectivity index (χ4v) is 3.68. The first-order valence-corrected chi connectivity index (χ1v) is 8.36. The van der Waals surface area contributed by atoms with E-state index in [2.05, 4.69) is 0 Å². The summed E-state index contributed by atoms with van der Waals surface area (Å²) in [6, 6.07) is 2.35. The minimum Gasteiger partial charge on any atom is -0.493 e. The van der Waals surface area contributed by atoms with Gasteiger partial charge in [-0.2, -0.15) is 0 Å². The fourth-order valence-electron chi connectivity index (χ4n) is 2.26. The van der Waals surface area contributed by atoms with E-state index in [1.807, 2.05) is 0 Å².